The summed E-state index contributed by atoms with van der Waals surface area (Å²) in [5, 5.41) is 4.50. The fourth-order valence-corrected chi connectivity index (χ4v) is 4.81. The molecule has 142 valence electrons. The monoisotopic (exact) mass is 374 g/mol. The first-order chi connectivity index (χ1) is 12.7. The average molecular weight is 375 g/mol. The van der Waals surface area contributed by atoms with Gasteiger partial charge in [-0.1, -0.05) is 23.7 Å². The fourth-order valence-electron chi connectivity index (χ4n) is 4.62. The highest BCUT2D eigenvalue weighted by Gasteiger charge is 2.44. The zero-order chi connectivity index (χ0) is 18.0. The molecule has 5 heteroatoms. The lowest BCUT2D eigenvalue weighted by Crippen LogP contribution is -2.43. The second kappa shape index (κ2) is 7.77. The minimum absolute atomic E-state index is 0.246. The number of benzene rings is 1. The third-order valence-electron chi connectivity index (χ3n) is 6.39. The number of rotatable bonds is 5. The first-order valence-corrected chi connectivity index (χ1v) is 10.5. The standard InChI is InChI=1S/C21H31ClN4/c1-23-20(26-12-7-17(15-26)14-25-10-2-3-11-25)24-16-21(8-9-21)18-5-4-6-19(22)13-18/h4-6,13,17H,2-3,7-12,14-16H2,1H3,(H,23,24). The summed E-state index contributed by atoms with van der Waals surface area (Å²) in [7, 11) is 1.91. The second-order valence-electron chi connectivity index (χ2n) is 8.30. The van der Waals surface area contributed by atoms with Crippen molar-refractivity contribution in [3.8, 4) is 0 Å². The average Bonchev–Trinajstić information content (AvgIpc) is 3.03. The zero-order valence-electron chi connectivity index (χ0n) is 15.9. The largest absolute Gasteiger partial charge is 0.355 e. The van der Waals surface area contributed by atoms with Gasteiger partial charge in [-0.2, -0.15) is 0 Å². The molecule has 3 fully saturated rings. The summed E-state index contributed by atoms with van der Waals surface area (Å²) in [5.41, 5.74) is 1.61. The molecular weight excluding hydrogens is 344 g/mol. The molecule has 1 atom stereocenters. The van der Waals surface area contributed by atoms with Crippen LogP contribution in [-0.2, 0) is 5.41 Å². The number of hydrogen-bond acceptors (Lipinski definition) is 2. The summed E-state index contributed by atoms with van der Waals surface area (Å²) < 4.78 is 0. The summed E-state index contributed by atoms with van der Waals surface area (Å²) in [4.78, 5) is 9.66. The quantitative estimate of drug-likeness (QED) is 0.633. The Morgan fingerprint density at radius 1 is 1.27 bits per heavy atom. The third-order valence-corrected chi connectivity index (χ3v) is 6.62. The Hall–Kier alpha value is -1.26. The SMILES string of the molecule is CN=C(NCC1(c2cccc(Cl)c2)CC1)N1CCC(CN2CCCC2)C1. The molecule has 4 rings (SSSR count). The molecule has 2 aliphatic heterocycles. The summed E-state index contributed by atoms with van der Waals surface area (Å²) >= 11 is 6.20. The fraction of sp³-hybridized carbons (Fsp3) is 0.667. The van der Waals surface area contributed by atoms with Crippen LogP contribution >= 0.6 is 11.6 Å². The van der Waals surface area contributed by atoms with Gasteiger partial charge in [-0.3, -0.25) is 4.99 Å². The second-order valence-corrected chi connectivity index (χ2v) is 8.74. The molecule has 0 aromatic heterocycles. The van der Waals surface area contributed by atoms with Crippen molar-refractivity contribution in [2.45, 2.75) is 37.5 Å². The van der Waals surface area contributed by atoms with Gasteiger partial charge in [0.05, 0.1) is 0 Å². The number of nitrogens with one attached hydrogen (secondary N) is 1. The molecule has 1 aliphatic carbocycles. The van der Waals surface area contributed by atoms with Gasteiger partial charge in [0.15, 0.2) is 5.96 Å². The van der Waals surface area contributed by atoms with E-state index in [1.165, 1.54) is 57.3 Å². The number of likely N-dealkylation sites (tertiary alicyclic amines) is 2. The van der Waals surface area contributed by atoms with Crippen LogP contribution in [0.1, 0.15) is 37.7 Å². The zero-order valence-corrected chi connectivity index (χ0v) is 16.6. The van der Waals surface area contributed by atoms with E-state index in [0.29, 0.717) is 0 Å². The van der Waals surface area contributed by atoms with E-state index in [-0.39, 0.29) is 5.41 Å². The number of aliphatic imine (C=N–C) groups is 1. The predicted molar refractivity (Wildman–Crippen MR) is 109 cm³/mol. The van der Waals surface area contributed by atoms with Gasteiger partial charge < -0.3 is 15.1 Å². The van der Waals surface area contributed by atoms with Gasteiger partial charge in [-0.15, -0.1) is 0 Å². The summed E-state index contributed by atoms with van der Waals surface area (Å²) in [5.74, 6) is 1.86. The lowest BCUT2D eigenvalue weighted by Gasteiger charge is -2.25. The molecule has 1 unspecified atom stereocenters. The lowest BCUT2D eigenvalue weighted by molar-refractivity contribution is 0.281. The molecule has 0 bridgehead atoms. The van der Waals surface area contributed by atoms with Crippen molar-refractivity contribution in [2.75, 3.05) is 46.3 Å². The maximum absolute atomic E-state index is 6.20. The van der Waals surface area contributed by atoms with Gasteiger partial charge >= 0.3 is 0 Å². The van der Waals surface area contributed by atoms with Crippen LogP contribution in [0.15, 0.2) is 29.3 Å². The highest BCUT2D eigenvalue weighted by atomic mass is 35.5. The first-order valence-electron chi connectivity index (χ1n) is 10.1. The molecule has 0 radical (unpaired) electrons. The van der Waals surface area contributed by atoms with Crippen molar-refractivity contribution in [1.82, 2.24) is 15.1 Å². The first kappa shape index (κ1) is 18.1. The van der Waals surface area contributed by atoms with Crippen molar-refractivity contribution in [2.24, 2.45) is 10.9 Å². The van der Waals surface area contributed by atoms with Crippen LogP contribution in [0.5, 0.6) is 0 Å². The smallest absolute Gasteiger partial charge is 0.193 e. The van der Waals surface area contributed by atoms with Crippen LogP contribution in [0.25, 0.3) is 0 Å². The topological polar surface area (TPSA) is 30.9 Å². The Balaban J connectivity index is 1.31. The number of halogens is 1. The van der Waals surface area contributed by atoms with E-state index >= 15 is 0 Å². The van der Waals surface area contributed by atoms with Crippen molar-refractivity contribution < 1.29 is 0 Å². The minimum Gasteiger partial charge on any atom is -0.355 e. The van der Waals surface area contributed by atoms with E-state index in [2.05, 4.69) is 38.3 Å². The summed E-state index contributed by atoms with van der Waals surface area (Å²) in [6.07, 6.45) is 6.51. The Labute approximate surface area is 162 Å². The van der Waals surface area contributed by atoms with Crippen molar-refractivity contribution in [3.05, 3.63) is 34.9 Å². The molecule has 1 saturated carbocycles. The molecule has 2 saturated heterocycles. The van der Waals surface area contributed by atoms with E-state index < -0.39 is 0 Å². The van der Waals surface area contributed by atoms with Gasteiger partial charge in [-0.05, 0) is 68.8 Å². The molecule has 2 heterocycles. The van der Waals surface area contributed by atoms with Crippen molar-refractivity contribution in [1.29, 1.82) is 0 Å². The molecule has 0 spiro atoms. The van der Waals surface area contributed by atoms with Gasteiger partial charge in [0.1, 0.15) is 0 Å². The maximum Gasteiger partial charge on any atom is 0.193 e. The molecule has 1 aromatic rings. The predicted octanol–water partition coefficient (Wildman–Crippen LogP) is 3.36. The molecule has 4 nitrogen and oxygen atoms in total. The molecule has 3 aliphatic rings. The summed E-state index contributed by atoms with van der Waals surface area (Å²) in [6.45, 7) is 7.08. The van der Waals surface area contributed by atoms with E-state index in [1.807, 2.05) is 13.1 Å². The van der Waals surface area contributed by atoms with Crippen LogP contribution in [0.2, 0.25) is 5.02 Å². The molecular formula is C21H31ClN4. The minimum atomic E-state index is 0.246. The highest BCUT2D eigenvalue weighted by Crippen LogP contribution is 2.48. The van der Waals surface area contributed by atoms with E-state index in [1.54, 1.807) is 0 Å². The Bertz CT molecular complexity index is 649. The van der Waals surface area contributed by atoms with Crippen LogP contribution in [0, 0.1) is 5.92 Å². The molecule has 26 heavy (non-hydrogen) atoms. The van der Waals surface area contributed by atoms with Crippen molar-refractivity contribution in [3.63, 3.8) is 0 Å². The van der Waals surface area contributed by atoms with Gasteiger partial charge in [0, 0.05) is 43.7 Å². The van der Waals surface area contributed by atoms with E-state index in [9.17, 15) is 0 Å². The molecule has 1 N–H and O–H groups in total. The Kier molecular flexibility index (Phi) is 5.42. The van der Waals surface area contributed by atoms with Gasteiger partial charge in [0.2, 0.25) is 0 Å². The van der Waals surface area contributed by atoms with E-state index in [0.717, 1.165) is 36.5 Å². The number of guanidine groups is 1. The lowest BCUT2D eigenvalue weighted by atomic mass is 9.96. The van der Waals surface area contributed by atoms with Crippen molar-refractivity contribution >= 4 is 17.6 Å². The van der Waals surface area contributed by atoms with Gasteiger partial charge in [-0.25, -0.2) is 0 Å². The summed E-state index contributed by atoms with van der Waals surface area (Å²) in [6, 6.07) is 8.36. The maximum atomic E-state index is 6.20. The number of nitrogens with zero attached hydrogens (tertiary/aromatic N) is 3. The highest BCUT2D eigenvalue weighted by molar-refractivity contribution is 6.30. The van der Waals surface area contributed by atoms with Crippen LogP contribution in [-0.4, -0.2) is 62.1 Å². The normalized spacial score (nSPS) is 25.7. The number of hydrogen-bond donors (Lipinski definition) is 1. The van der Waals surface area contributed by atoms with Gasteiger partial charge in [0.25, 0.3) is 0 Å². The molecule has 0 amide bonds. The third kappa shape index (κ3) is 4.01. The molecule has 1 aromatic carbocycles. The van der Waals surface area contributed by atoms with Crippen LogP contribution in [0.3, 0.4) is 0 Å². The van der Waals surface area contributed by atoms with Crippen LogP contribution in [0.4, 0.5) is 0 Å². The van der Waals surface area contributed by atoms with E-state index in [4.69, 9.17) is 11.6 Å². The Morgan fingerprint density at radius 3 is 2.77 bits per heavy atom. The Morgan fingerprint density at radius 2 is 2.08 bits per heavy atom. The van der Waals surface area contributed by atoms with Crippen LogP contribution < -0.4 is 5.32 Å².